The standard InChI is InChI=1S/C25H36N4O4S/c1-7-22(25(31)26-8-2)28(17-21-12-10-9-11-13-21)24(30)18-29(34(32,33)27(5)6)23-16-19(3)14-15-20(23)4/h9-16,22H,7-8,17-18H2,1-6H3,(H,26,31)/t22-/m0/s1. The molecule has 1 N–H and O–H groups in total. The average molecular weight is 489 g/mol. The van der Waals surface area contributed by atoms with Crippen LogP contribution in [-0.2, 0) is 26.3 Å². The van der Waals surface area contributed by atoms with Gasteiger partial charge >= 0.3 is 10.2 Å². The van der Waals surface area contributed by atoms with E-state index >= 15 is 0 Å². The lowest BCUT2D eigenvalue weighted by Gasteiger charge is -2.34. The van der Waals surface area contributed by atoms with E-state index in [2.05, 4.69) is 5.32 Å². The summed E-state index contributed by atoms with van der Waals surface area (Å²) in [5.41, 5.74) is 2.90. The van der Waals surface area contributed by atoms with E-state index in [9.17, 15) is 18.0 Å². The van der Waals surface area contributed by atoms with Gasteiger partial charge in [-0.05, 0) is 49.9 Å². The van der Waals surface area contributed by atoms with Crippen molar-refractivity contribution in [3.8, 4) is 0 Å². The second-order valence-electron chi connectivity index (χ2n) is 8.41. The van der Waals surface area contributed by atoms with Gasteiger partial charge in [0.15, 0.2) is 0 Å². The number of aryl methyl sites for hydroxylation is 2. The predicted molar refractivity (Wildman–Crippen MR) is 136 cm³/mol. The number of rotatable bonds is 11. The highest BCUT2D eigenvalue weighted by atomic mass is 32.2. The molecule has 0 radical (unpaired) electrons. The molecule has 0 aliphatic heterocycles. The highest BCUT2D eigenvalue weighted by Crippen LogP contribution is 2.26. The van der Waals surface area contributed by atoms with Crippen LogP contribution in [0.1, 0.15) is 37.0 Å². The molecule has 0 aliphatic carbocycles. The number of nitrogens with zero attached hydrogens (tertiary/aromatic N) is 3. The van der Waals surface area contributed by atoms with E-state index < -0.39 is 28.7 Å². The predicted octanol–water partition coefficient (Wildman–Crippen LogP) is 2.86. The summed E-state index contributed by atoms with van der Waals surface area (Å²) in [4.78, 5) is 28.0. The van der Waals surface area contributed by atoms with E-state index in [0.717, 1.165) is 25.3 Å². The second kappa shape index (κ2) is 12.0. The molecule has 2 rings (SSSR count). The lowest BCUT2D eigenvalue weighted by molar-refractivity contribution is -0.140. The lowest BCUT2D eigenvalue weighted by atomic mass is 10.1. The van der Waals surface area contributed by atoms with Crippen LogP contribution in [0.4, 0.5) is 5.69 Å². The molecule has 0 saturated carbocycles. The van der Waals surface area contributed by atoms with E-state index in [1.165, 1.54) is 19.0 Å². The quantitative estimate of drug-likeness (QED) is 0.527. The SMILES string of the molecule is CCNC(=O)[C@H](CC)N(Cc1ccccc1)C(=O)CN(c1cc(C)ccc1C)S(=O)(=O)N(C)C. The van der Waals surface area contributed by atoms with Gasteiger partial charge in [0.1, 0.15) is 12.6 Å². The van der Waals surface area contributed by atoms with Gasteiger partial charge in [0.2, 0.25) is 11.8 Å². The normalized spacial score (nSPS) is 12.3. The first-order valence-electron chi connectivity index (χ1n) is 11.4. The third-order valence-corrected chi connectivity index (χ3v) is 7.39. The number of hydrogen-bond donors (Lipinski definition) is 1. The molecule has 34 heavy (non-hydrogen) atoms. The third kappa shape index (κ3) is 6.57. The lowest BCUT2D eigenvalue weighted by Crippen LogP contribution is -2.53. The van der Waals surface area contributed by atoms with Crippen molar-refractivity contribution in [3.63, 3.8) is 0 Å². The molecule has 0 saturated heterocycles. The number of benzene rings is 2. The number of carbonyl (C=O) groups is 2. The highest BCUT2D eigenvalue weighted by molar-refractivity contribution is 7.90. The zero-order valence-electron chi connectivity index (χ0n) is 20.9. The minimum absolute atomic E-state index is 0.192. The molecule has 0 spiro atoms. The van der Waals surface area contributed by atoms with Crippen molar-refractivity contribution in [1.29, 1.82) is 0 Å². The summed E-state index contributed by atoms with van der Waals surface area (Å²) in [6, 6.07) is 14.1. The molecule has 0 bridgehead atoms. The van der Waals surface area contributed by atoms with Crippen LogP contribution in [0.25, 0.3) is 0 Å². The molecule has 0 aliphatic rings. The van der Waals surface area contributed by atoms with Gasteiger partial charge in [-0.1, -0.05) is 49.4 Å². The molecular weight excluding hydrogens is 452 g/mol. The van der Waals surface area contributed by atoms with E-state index in [1.807, 2.05) is 70.2 Å². The summed E-state index contributed by atoms with van der Waals surface area (Å²) in [7, 11) is -1.11. The summed E-state index contributed by atoms with van der Waals surface area (Å²) in [6.07, 6.45) is 0.397. The van der Waals surface area contributed by atoms with Crippen molar-refractivity contribution in [2.24, 2.45) is 0 Å². The fraction of sp³-hybridized carbons (Fsp3) is 0.440. The monoisotopic (exact) mass is 488 g/mol. The van der Waals surface area contributed by atoms with Gasteiger partial charge in [-0.3, -0.25) is 9.59 Å². The smallest absolute Gasteiger partial charge is 0.304 e. The van der Waals surface area contributed by atoms with Gasteiger partial charge in [0.25, 0.3) is 0 Å². The molecule has 8 nitrogen and oxygen atoms in total. The maximum Gasteiger partial charge on any atom is 0.304 e. The van der Waals surface area contributed by atoms with Crippen molar-refractivity contribution in [2.75, 3.05) is 31.5 Å². The van der Waals surface area contributed by atoms with Crippen LogP contribution < -0.4 is 9.62 Å². The fourth-order valence-corrected chi connectivity index (χ4v) is 4.79. The number of amides is 2. The molecule has 1 atom stereocenters. The van der Waals surface area contributed by atoms with Gasteiger partial charge in [-0.25, -0.2) is 4.31 Å². The molecule has 0 heterocycles. The molecular formula is C25H36N4O4S. The molecule has 186 valence electrons. The summed E-state index contributed by atoms with van der Waals surface area (Å²) < 4.78 is 28.8. The van der Waals surface area contributed by atoms with E-state index in [0.29, 0.717) is 18.7 Å². The molecule has 0 unspecified atom stereocenters. The maximum absolute atomic E-state index is 13.7. The van der Waals surface area contributed by atoms with Gasteiger partial charge in [0, 0.05) is 27.2 Å². The molecule has 2 aromatic rings. The van der Waals surface area contributed by atoms with Crippen molar-refractivity contribution >= 4 is 27.7 Å². The Morgan fingerprint density at radius 1 is 1.00 bits per heavy atom. The van der Waals surface area contributed by atoms with Crippen molar-refractivity contribution in [3.05, 3.63) is 65.2 Å². The van der Waals surface area contributed by atoms with Gasteiger partial charge in [-0.15, -0.1) is 0 Å². The molecule has 2 amide bonds. The average Bonchev–Trinajstić information content (AvgIpc) is 2.79. The highest BCUT2D eigenvalue weighted by Gasteiger charge is 2.34. The van der Waals surface area contributed by atoms with Crippen LogP contribution in [0.3, 0.4) is 0 Å². The van der Waals surface area contributed by atoms with Crippen LogP contribution in [0.2, 0.25) is 0 Å². The summed E-state index contributed by atoms with van der Waals surface area (Å²) in [5.74, 6) is -0.712. The number of likely N-dealkylation sites (N-methyl/N-ethyl adjacent to an activating group) is 1. The third-order valence-electron chi connectivity index (χ3n) is 5.58. The number of nitrogens with one attached hydrogen (secondary N) is 1. The number of carbonyl (C=O) groups excluding carboxylic acids is 2. The molecule has 0 fully saturated rings. The zero-order chi connectivity index (χ0) is 25.5. The van der Waals surface area contributed by atoms with Gasteiger partial charge < -0.3 is 10.2 Å². The Kier molecular flexibility index (Phi) is 9.64. The van der Waals surface area contributed by atoms with Gasteiger partial charge in [0.05, 0.1) is 5.69 Å². The van der Waals surface area contributed by atoms with Gasteiger partial charge in [-0.2, -0.15) is 12.7 Å². The number of anilines is 1. The van der Waals surface area contributed by atoms with E-state index in [4.69, 9.17) is 0 Å². The fourth-order valence-electron chi connectivity index (χ4n) is 3.68. The first kappa shape index (κ1) is 27.3. The largest absolute Gasteiger partial charge is 0.355 e. The molecule has 9 heteroatoms. The van der Waals surface area contributed by atoms with Crippen LogP contribution in [0.5, 0.6) is 0 Å². The molecule has 2 aromatic carbocycles. The van der Waals surface area contributed by atoms with E-state index in [1.54, 1.807) is 6.07 Å². The summed E-state index contributed by atoms with van der Waals surface area (Å²) >= 11 is 0. The second-order valence-corrected chi connectivity index (χ2v) is 10.5. The Morgan fingerprint density at radius 3 is 2.21 bits per heavy atom. The van der Waals surface area contributed by atoms with Crippen LogP contribution >= 0.6 is 0 Å². The zero-order valence-corrected chi connectivity index (χ0v) is 21.7. The Morgan fingerprint density at radius 2 is 1.65 bits per heavy atom. The van der Waals surface area contributed by atoms with Crippen molar-refractivity contribution < 1.29 is 18.0 Å². The Balaban J connectivity index is 2.53. The van der Waals surface area contributed by atoms with Crippen molar-refractivity contribution in [2.45, 2.75) is 46.7 Å². The Hall–Kier alpha value is -2.91. The first-order valence-corrected chi connectivity index (χ1v) is 12.8. The van der Waals surface area contributed by atoms with Crippen molar-refractivity contribution in [1.82, 2.24) is 14.5 Å². The summed E-state index contributed by atoms with van der Waals surface area (Å²) in [5, 5.41) is 2.79. The van der Waals surface area contributed by atoms with E-state index in [-0.39, 0.29) is 12.5 Å². The van der Waals surface area contributed by atoms with Crippen LogP contribution in [-0.4, -0.2) is 62.7 Å². The minimum Gasteiger partial charge on any atom is -0.355 e. The summed E-state index contributed by atoms with van der Waals surface area (Å²) in [6.45, 7) is 7.54. The van der Waals surface area contributed by atoms with Crippen LogP contribution in [0.15, 0.2) is 48.5 Å². The Bertz CT molecular complexity index is 1090. The number of hydrogen-bond acceptors (Lipinski definition) is 4. The minimum atomic E-state index is -3.98. The first-order chi connectivity index (χ1) is 16.0. The maximum atomic E-state index is 13.7. The molecule has 0 aromatic heterocycles. The Labute approximate surface area is 203 Å². The topological polar surface area (TPSA) is 90.0 Å². The van der Waals surface area contributed by atoms with Crippen LogP contribution in [0, 0.1) is 13.8 Å².